The van der Waals surface area contributed by atoms with Crippen molar-refractivity contribution in [3.8, 4) is 11.5 Å². The lowest BCUT2D eigenvalue weighted by Crippen LogP contribution is -2.13. The lowest BCUT2D eigenvalue weighted by molar-refractivity contribution is 0.110. The van der Waals surface area contributed by atoms with Gasteiger partial charge in [-0.05, 0) is 37.3 Å². The second-order valence-electron chi connectivity index (χ2n) is 4.89. The molecule has 0 aliphatic heterocycles. The van der Waals surface area contributed by atoms with E-state index in [0.29, 0.717) is 48.8 Å². The van der Waals surface area contributed by atoms with E-state index in [4.69, 9.17) is 37.4 Å². The van der Waals surface area contributed by atoms with Crippen LogP contribution >= 0.6 is 23.2 Å². The van der Waals surface area contributed by atoms with Crippen LogP contribution in [0.1, 0.15) is 6.92 Å². The predicted octanol–water partition coefficient (Wildman–Crippen LogP) is 4.90. The zero-order chi connectivity index (χ0) is 17.2. The highest BCUT2D eigenvalue weighted by Gasteiger charge is 2.04. The molecule has 0 atom stereocenters. The number of hydrogen-bond acceptors (Lipinski definition) is 4. The molecule has 24 heavy (non-hydrogen) atoms. The summed E-state index contributed by atoms with van der Waals surface area (Å²) in [5, 5.41) is 4.38. The van der Waals surface area contributed by atoms with Crippen molar-refractivity contribution in [1.29, 1.82) is 0 Å². The summed E-state index contributed by atoms with van der Waals surface area (Å²) < 4.78 is 16.7. The number of rotatable bonds is 10. The van der Waals surface area contributed by atoms with E-state index in [-0.39, 0.29) is 0 Å². The molecule has 6 heteroatoms. The fraction of sp³-hybridized carbons (Fsp3) is 0.333. The van der Waals surface area contributed by atoms with Gasteiger partial charge in [0.15, 0.2) is 0 Å². The fourth-order valence-corrected chi connectivity index (χ4v) is 2.50. The van der Waals surface area contributed by atoms with Crippen LogP contribution in [0, 0.1) is 0 Å². The fourth-order valence-electron chi connectivity index (χ4n) is 2.03. The lowest BCUT2D eigenvalue weighted by Gasteiger charge is -2.14. The highest BCUT2D eigenvalue weighted by Crippen LogP contribution is 2.27. The van der Waals surface area contributed by atoms with Gasteiger partial charge >= 0.3 is 0 Å². The first-order valence-corrected chi connectivity index (χ1v) is 8.57. The van der Waals surface area contributed by atoms with Crippen LogP contribution < -0.4 is 14.8 Å². The molecule has 0 fully saturated rings. The molecule has 0 saturated carbocycles. The topological polar surface area (TPSA) is 39.7 Å². The van der Waals surface area contributed by atoms with Crippen molar-refractivity contribution in [2.24, 2.45) is 0 Å². The predicted molar refractivity (Wildman–Crippen MR) is 98.9 cm³/mol. The summed E-state index contributed by atoms with van der Waals surface area (Å²) >= 11 is 11.9. The highest BCUT2D eigenvalue weighted by atomic mass is 35.5. The number of anilines is 1. The molecule has 0 heterocycles. The summed E-state index contributed by atoms with van der Waals surface area (Å²) in [6, 6.07) is 12.9. The standard InChI is InChI=1S/C18H21Cl2NO3/c1-2-22-11-12-24-18-6-4-3-5-16(18)21-9-10-23-17-8-7-14(19)13-15(17)20/h3-8,13,21H,2,9-12H2,1H3. The zero-order valence-corrected chi connectivity index (χ0v) is 15.1. The van der Waals surface area contributed by atoms with E-state index in [1.54, 1.807) is 18.2 Å². The largest absolute Gasteiger partial charge is 0.490 e. The summed E-state index contributed by atoms with van der Waals surface area (Å²) in [6.07, 6.45) is 0. The van der Waals surface area contributed by atoms with Crippen molar-refractivity contribution in [1.82, 2.24) is 0 Å². The van der Waals surface area contributed by atoms with Crippen LogP contribution in [0.2, 0.25) is 10.0 Å². The van der Waals surface area contributed by atoms with Gasteiger partial charge in [0.1, 0.15) is 24.7 Å². The van der Waals surface area contributed by atoms with Crippen LogP contribution in [-0.4, -0.2) is 33.0 Å². The van der Waals surface area contributed by atoms with E-state index in [2.05, 4.69) is 5.32 Å². The minimum Gasteiger partial charge on any atom is -0.490 e. The Balaban J connectivity index is 1.79. The second kappa shape index (κ2) is 10.3. The van der Waals surface area contributed by atoms with Gasteiger partial charge in [0, 0.05) is 18.2 Å². The number of ether oxygens (including phenoxy) is 3. The van der Waals surface area contributed by atoms with E-state index in [9.17, 15) is 0 Å². The van der Waals surface area contributed by atoms with E-state index >= 15 is 0 Å². The van der Waals surface area contributed by atoms with E-state index in [1.165, 1.54) is 0 Å². The molecule has 1 N–H and O–H groups in total. The Hall–Kier alpha value is -1.62. The molecular weight excluding hydrogens is 349 g/mol. The number of nitrogens with one attached hydrogen (secondary N) is 1. The van der Waals surface area contributed by atoms with Crippen LogP contribution in [0.25, 0.3) is 0 Å². The smallest absolute Gasteiger partial charge is 0.142 e. The van der Waals surface area contributed by atoms with Gasteiger partial charge in [0.05, 0.1) is 17.3 Å². The Bertz CT molecular complexity index is 637. The maximum Gasteiger partial charge on any atom is 0.142 e. The Morgan fingerprint density at radius 2 is 1.71 bits per heavy atom. The Kier molecular flexibility index (Phi) is 8.02. The van der Waals surface area contributed by atoms with Crippen LogP contribution in [0.3, 0.4) is 0 Å². The van der Waals surface area contributed by atoms with Crippen LogP contribution in [0.5, 0.6) is 11.5 Å². The zero-order valence-electron chi connectivity index (χ0n) is 13.6. The summed E-state index contributed by atoms with van der Waals surface area (Å²) in [5.41, 5.74) is 0.916. The third kappa shape index (κ3) is 6.11. The van der Waals surface area contributed by atoms with Crippen LogP contribution in [0.15, 0.2) is 42.5 Å². The minimum atomic E-state index is 0.467. The van der Waals surface area contributed by atoms with Crippen molar-refractivity contribution in [2.75, 3.05) is 38.3 Å². The summed E-state index contributed by atoms with van der Waals surface area (Å²) in [7, 11) is 0. The summed E-state index contributed by atoms with van der Waals surface area (Å²) in [5.74, 6) is 1.41. The van der Waals surface area contributed by atoms with Crippen LogP contribution in [0.4, 0.5) is 5.69 Å². The van der Waals surface area contributed by atoms with Crippen molar-refractivity contribution in [3.05, 3.63) is 52.5 Å². The van der Waals surface area contributed by atoms with Gasteiger partial charge in [-0.25, -0.2) is 0 Å². The average molecular weight is 370 g/mol. The number of para-hydroxylation sites is 2. The number of halogens is 2. The average Bonchev–Trinajstić information content (AvgIpc) is 2.58. The van der Waals surface area contributed by atoms with E-state index < -0.39 is 0 Å². The second-order valence-corrected chi connectivity index (χ2v) is 5.74. The molecule has 0 aliphatic rings. The molecule has 130 valence electrons. The lowest BCUT2D eigenvalue weighted by atomic mass is 10.3. The van der Waals surface area contributed by atoms with Crippen LogP contribution in [-0.2, 0) is 4.74 Å². The van der Waals surface area contributed by atoms with Gasteiger partial charge in [-0.15, -0.1) is 0 Å². The van der Waals surface area contributed by atoms with Gasteiger partial charge in [-0.3, -0.25) is 0 Å². The molecule has 0 radical (unpaired) electrons. The molecule has 4 nitrogen and oxygen atoms in total. The van der Waals surface area contributed by atoms with Crippen molar-refractivity contribution in [2.45, 2.75) is 6.92 Å². The Morgan fingerprint density at radius 1 is 0.917 bits per heavy atom. The number of hydrogen-bond donors (Lipinski definition) is 1. The molecule has 2 aromatic carbocycles. The van der Waals surface area contributed by atoms with Crippen molar-refractivity contribution in [3.63, 3.8) is 0 Å². The van der Waals surface area contributed by atoms with Gasteiger partial charge < -0.3 is 19.5 Å². The van der Waals surface area contributed by atoms with E-state index in [0.717, 1.165) is 11.4 Å². The molecule has 0 bridgehead atoms. The quantitative estimate of drug-likeness (QED) is 0.604. The van der Waals surface area contributed by atoms with E-state index in [1.807, 2.05) is 31.2 Å². The normalized spacial score (nSPS) is 10.5. The first-order valence-electron chi connectivity index (χ1n) is 7.82. The Morgan fingerprint density at radius 3 is 2.50 bits per heavy atom. The number of benzene rings is 2. The Labute approximate surface area is 152 Å². The summed E-state index contributed by atoms with van der Waals surface area (Å²) in [6.45, 7) is 4.82. The molecule has 2 rings (SSSR count). The molecule has 0 spiro atoms. The van der Waals surface area contributed by atoms with Gasteiger partial charge in [-0.1, -0.05) is 35.3 Å². The third-order valence-corrected chi connectivity index (χ3v) is 3.68. The maximum absolute atomic E-state index is 6.07. The molecule has 2 aromatic rings. The van der Waals surface area contributed by atoms with Crippen molar-refractivity contribution >= 4 is 28.9 Å². The molecular formula is C18H21Cl2NO3. The van der Waals surface area contributed by atoms with Gasteiger partial charge in [0.2, 0.25) is 0 Å². The molecule has 0 amide bonds. The molecule has 0 unspecified atom stereocenters. The SMILES string of the molecule is CCOCCOc1ccccc1NCCOc1ccc(Cl)cc1Cl. The first kappa shape index (κ1) is 18.7. The van der Waals surface area contributed by atoms with Crippen molar-refractivity contribution < 1.29 is 14.2 Å². The molecule has 0 saturated heterocycles. The van der Waals surface area contributed by atoms with Gasteiger partial charge in [-0.2, -0.15) is 0 Å². The molecule has 0 aromatic heterocycles. The maximum atomic E-state index is 6.07. The third-order valence-electron chi connectivity index (χ3n) is 3.15. The first-order chi connectivity index (χ1) is 11.7. The highest BCUT2D eigenvalue weighted by molar-refractivity contribution is 6.35. The monoisotopic (exact) mass is 369 g/mol. The summed E-state index contributed by atoms with van der Waals surface area (Å²) in [4.78, 5) is 0. The minimum absolute atomic E-state index is 0.467. The molecule has 0 aliphatic carbocycles. The van der Waals surface area contributed by atoms with Gasteiger partial charge in [0.25, 0.3) is 0 Å².